The Bertz CT molecular complexity index is 1100. The molecule has 2 heterocycles. The molecule has 3 aromatic rings. The molecule has 1 amide bonds. The van der Waals surface area contributed by atoms with Gasteiger partial charge >= 0.3 is 0 Å². The summed E-state index contributed by atoms with van der Waals surface area (Å²) >= 11 is 2.82. The summed E-state index contributed by atoms with van der Waals surface area (Å²) in [6.45, 7) is 0.472. The number of aryl methyl sites for hydroxylation is 1. The average Bonchev–Trinajstić information content (AvgIpc) is 3.26. The first-order valence-electron chi connectivity index (χ1n) is 9.52. The van der Waals surface area contributed by atoms with Crippen LogP contribution < -0.4 is 15.6 Å². The van der Waals surface area contributed by atoms with Gasteiger partial charge in [0.25, 0.3) is 5.56 Å². The highest BCUT2D eigenvalue weighted by molar-refractivity contribution is 8.00. The predicted octanol–water partition coefficient (Wildman–Crippen LogP) is 3.30. The number of ether oxygens (including phenoxy) is 1. The van der Waals surface area contributed by atoms with Crippen molar-refractivity contribution in [1.29, 1.82) is 0 Å². The lowest BCUT2D eigenvalue weighted by molar-refractivity contribution is -0.118. The number of thioether (sulfide) groups is 2. The Morgan fingerprint density at radius 3 is 2.70 bits per heavy atom. The second-order valence-electron chi connectivity index (χ2n) is 6.66. The number of nitrogens with one attached hydrogen (secondary N) is 1. The lowest BCUT2D eigenvalue weighted by Crippen LogP contribution is -2.27. The van der Waals surface area contributed by atoms with Gasteiger partial charge in [-0.25, -0.2) is 4.98 Å². The van der Waals surface area contributed by atoms with Crippen LogP contribution in [0.5, 0.6) is 5.75 Å². The summed E-state index contributed by atoms with van der Waals surface area (Å²) in [4.78, 5) is 30.9. The van der Waals surface area contributed by atoms with E-state index in [2.05, 4.69) is 5.32 Å². The molecule has 1 aliphatic heterocycles. The highest BCUT2D eigenvalue weighted by atomic mass is 32.2. The maximum atomic E-state index is 13.1. The molecule has 0 saturated heterocycles. The molecule has 0 unspecified atom stereocenters. The second-order valence-corrected chi connectivity index (χ2v) is 8.71. The van der Waals surface area contributed by atoms with E-state index in [1.54, 1.807) is 23.4 Å². The molecule has 6 nitrogen and oxygen atoms in total. The predicted molar refractivity (Wildman–Crippen MR) is 120 cm³/mol. The number of methoxy groups -OCH3 is 1. The van der Waals surface area contributed by atoms with Gasteiger partial charge in [-0.2, -0.15) is 0 Å². The van der Waals surface area contributed by atoms with E-state index in [-0.39, 0.29) is 17.2 Å². The minimum Gasteiger partial charge on any atom is -0.497 e. The number of aromatic nitrogens is 2. The van der Waals surface area contributed by atoms with Crippen molar-refractivity contribution in [3.63, 3.8) is 0 Å². The molecule has 1 aliphatic rings. The lowest BCUT2D eigenvalue weighted by atomic mass is 10.2. The van der Waals surface area contributed by atoms with Gasteiger partial charge < -0.3 is 10.1 Å². The van der Waals surface area contributed by atoms with Crippen LogP contribution in [0.4, 0.5) is 0 Å². The van der Waals surface area contributed by atoms with E-state index in [0.29, 0.717) is 28.0 Å². The third kappa shape index (κ3) is 4.55. The van der Waals surface area contributed by atoms with Crippen LogP contribution in [0.1, 0.15) is 11.3 Å². The largest absolute Gasteiger partial charge is 0.497 e. The second kappa shape index (κ2) is 9.40. The molecule has 0 saturated carbocycles. The summed E-state index contributed by atoms with van der Waals surface area (Å²) in [5, 5.41) is 3.44. The fourth-order valence-corrected chi connectivity index (χ4v) is 5.01. The first-order valence-corrected chi connectivity index (χ1v) is 11.5. The number of hydrogen-bond acceptors (Lipinski definition) is 6. The number of hydrogen-bond donors (Lipinski definition) is 1. The molecule has 0 bridgehead atoms. The van der Waals surface area contributed by atoms with Crippen molar-refractivity contribution in [2.75, 3.05) is 18.6 Å². The first kappa shape index (κ1) is 20.6. The molecular weight excluding hydrogens is 418 g/mol. The highest BCUT2D eigenvalue weighted by Crippen LogP contribution is 2.30. The van der Waals surface area contributed by atoms with Gasteiger partial charge in [0.05, 0.1) is 29.1 Å². The Kier molecular flexibility index (Phi) is 6.44. The monoisotopic (exact) mass is 439 g/mol. The molecule has 2 aromatic carbocycles. The van der Waals surface area contributed by atoms with Gasteiger partial charge in [-0.15, -0.1) is 11.8 Å². The number of benzene rings is 2. The number of fused-ring (bicyclic) bond motifs is 1. The summed E-state index contributed by atoms with van der Waals surface area (Å²) in [5.74, 6) is 1.65. The van der Waals surface area contributed by atoms with E-state index in [4.69, 9.17) is 9.72 Å². The van der Waals surface area contributed by atoms with Crippen LogP contribution >= 0.6 is 23.5 Å². The van der Waals surface area contributed by atoms with Gasteiger partial charge in [-0.1, -0.05) is 42.1 Å². The molecule has 0 aliphatic carbocycles. The number of rotatable bonds is 7. The van der Waals surface area contributed by atoms with E-state index < -0.39 is 0 Å². The molecule has 30 heavy (non-hydrogen) atoms. The van der Waals surface area contributed by atoms with Crippen LogP contribution in [0.25, 0.3) is 5.69 Å². The number of amides is 1. The molecule has 8 heteroatoms. The smallest absolute Gasteiger partial charge is 0.272 e. The summed E-state index contributed by atoms with van der Waals surface area (Å²) in [7, 11) is 1.60. The third-order valence-electron chi connectivity index (χ3n) is 4.66. The van der Waals surface area contributed by atoms with Gasteiger partial charge in [0.2, 0.25) is 5.91 Å². The number of nitrogens with zero attached hydrogens (tertiary/aromatic N) is 2. The van der Waals surface area contributed by atoms with E-state index in [1.807, 2.05) is 54.6 Å². The van der Waals surface area contributed by atoms with Gasteiger partial charge in [-0.3, -0.25) is 14.2 Å². The van der Waals surface area contributed by atoms with Crippen LogP contribution in [0.3, 0.4) is 0 Å². The molecule has 154 valence electrons. The van der Waals surface area contributed by atoms with Gasteiger partial charge in [0.15, 0.2) is 5.16 Å². The van der Waals surface area contributed by atoms with Crippen LogP contribution in [0.2, 0.25) is 0 Å². The highest BCUT2D eigenvalue weighted by Gasteiger charge is 2.23. The Hall–Kier alpha value is -2.71. The zero-order chi connectivity index (χ0) is 20.9. The maximum Gasteiger partial charge on any atom is 0.272 e. The van der Waals surface area contributed by atoms with Crippen molar-refractivity contribution in [3.8, 4) is 11.4 Å². The third-order valence-corrected chi connectivity index (χ3v) is 6.71. The summed E-state index contributed by atoms with van der Waals surface area (Å²) in [6.07, 6.45) is 0.770. The Morgan fingerprint density at radius 1 is 1.20 bits per heavy atom. The van der Waals surface area contributed by atoms with Gasteiger partial charge in [-0.05, 0) is 29.8 Å². The van der Waals surface area contributed by atoms with Crippen molar-refractivity contribution in [2.45, 2.75) is 23.0 Å². The zero-order valence-electron chi connectivity index (χ0n) is 16.5. The molecule has 0 radical (unpaired) electrons. The quantitative estimate of drug-likeness (QED) is 0.450. The van der Waals surface area contributed by atoms with Crippen LogP contribution in [-0.4, -0.2) is 34.1 Å². The first-order chi connectivity index (χ1) is 14.7. The van der Waals surface area contributed by atoms with Crippen LogP contribution in [-0.2, 0) is 17.8 Å². The van der Waals surface area contributed by atoms with Crippen molar-refractivity contribution in [2.24, 2.45) is 0 Å². The van der Waals surface area contributed by atoms with Gasteiger partial charge in [0, 0.05) is 18.7 Å². The van der Waals surface area contributed by atoms with Crippen LogP contribution in [0.15, 0.2) is 69.4 Å². The SMILES string of the molecule is COc1ccc(-n2c(SCC(=O)NCc3ccccc3)nc3c(c2=O)SCC3)cc1. The Balaban J connectivity index is 1.55. The average molecular weight is 440 g/mol. The molecule has 0 atom stereocenters. The minimum absolute atomic E-state index is 0.0835. The Morgan fingerprint density at radius 2 is 1.97 bits per heavy atom. The summed E-state index contributed by atoms with van der Waals surface area (Å²) in [6, 6.07) is 17.0. The standard InChI is InChI=1S/C22H21N3O3S2/c1-28-17-9-7-16(8-10-17)25-21(27)20-18(11-12-29-20)24-22(25)30-14-19(26)23-13-15-5-3-2-4-6-15/h2-10H,11-14H2,1H3,(H,23,26). The molecular formula is C22H21N3O3S2. The van der Waals surface area contributed by atoms with E-state index >= 15 is 0 Å². The molecule has 1 aromatic heterocycles. The van der Waals surface area contributed by atoms with E-state index in [0.717, 1.165) is 23.4 Å². The summed E-state index contributed by atoms with van der Waals surface area (Å²) < 4.78 is 6.81. The van der Waals surface area contributed by atoms with Crippen molar-refractivity contribution in [1.82, 2.24) is 14.9 Å². The zero-order valence-corrected chi connectivity index (χ0v) is 18.1. The van der Waals surface area contributed by atoms with Crippen LogP contribution in [0, 0.1) is 0 Å². The minimum atomic E-state index is -0.103. The fraction of sp³-hybridized carbons (Fsp3) is 0.227. The normalized spacial score (nSPS) is 12.4. The number of carbonyl (C=O) groups is 1. The lowest BCUT2D eigenvalue weighted by Gasteiger charge is -2.14. The van der Waals surface area contributed by atoms with E-state index in [9.17, 15) is 9.59 Å². The fourth-order valence-electron chi connectivity index (χ4n) is 3.13. The van der Waals surface area contributed by atoms with Gasteiger partial charge in [0.1, 0.15) is 5.75 Å². The van der Waals surface area contributed by atoms with Crippen molar-refractivity contribution in [3.05, 3.63) is 76.2 Å². The molecule has 0 fully saturated rings. The van der Waals surface area contributed by atoms with Crippen molar-refractivity contribution < 1.29 is 9.53 Å². The van der Waals surface area contributed by atoms with Crippen molar-refractivity contribution >= 4 is 29.4 Å². The Labute approximate surface area is 183 Å². The van der Waals surface area contributed by atoms with E-state index in [1.165, 1.54) is 11.8 Å². The number of carbonyl (C=O) groups excluding carboxylic acids is 1. The topological polar surface area (TPSA) is 73.2 Å². The molecule has 4 rings (SSSR count). The molecule has 1 N–H and O–H groups in total. The molecule has 0 spiro atoms. The summed E-state index contributed by atoms with van der Waals surface area (Å²) in [5.41, 5.74) is 2.48. The maximum absolute atomic E-state index is 13.1.